The van der Waals surface area contributed by atoms with Gasteiger partial charge >= 0.3 is 12.1 Å². The number of hydrogen-bond acceptors (Lipinski definition) is 5. The van der Waals surface area contributed by atoms with Crippen molar-refractivity contribution in [2.45, 2.75) is 45.3 Å². The number of aromatic nitrogens is 1. The molecule has 1 heterocycles. The molecule has 0 fully saturated rings. The Morgan fingerprint density at radius 3 is 2.52 bits per heavy atom. The summed E-state index contributed by atoms with van der Waals surface area (Å²) in [5, 5.41) is 14.4. The molecule has 1 aromatic carbocycles. The molecule has 0 bridgehead atoms. The van der Waals surface area contributed by atoms with Crippen LogP contribution in [0.25, 0.3) is 0 Å². The third kappa shape index (κ3) is 5.86. The lowest BCUT2D eigenvalue weighted by Crippen LogP contribution is -2.31. The smallest absolute Gasteiger partial charge is 0.408 e. The molecule has 0 radical (unpaired) electrons. The van der Waals surface area contributed by atoms with Crippen molar-refractivity contribution in [3.8, 4) is 0 Å². The number of nitrogens with zero attached hydrogens (tertiary/aromatic N) is 1. The molecule has 0 saturated carbocycles. The van der Waals surface area contributed by atoms with Crippen molar-refractivity contribution in [1.29, 1.82) is 0 Å². The Morgan fingerprint density at radius 1 is 1.28 bits per heavy atom. The first-order chi connectivity index (χ1) is 11.8. The number of benzene rings is 1. The van der Waals surface area contributed by atoms with Crippen LogP contribution in [0.2, 0.25) is 0 Å². The number of carbonyl (C=O) groups is 2. The zero-order valence-corrected chi connectivity index (χ0v) is 15.3. The lowest BCUT2D eigenvalue weighted by molar-refractivity contribution is -0.137. The van der Waals surface area contributed by atoms with Crippen LogP contribution in [0.4, 0.5) is 4.79 Å². The molecule has 0 spiro atoms. The fraction of sp³-hybridized carbons (Fsp3) is 0.389. The third-order valence-electron chi connectivity index (χ3n) is 3.40. The number of carbonyl (C=O) groups excluding carboxylic acids is 1. The van der Waals surface area contributed by atoms with Crippen molar-refractivity contribution in [3.63, 3.8) is 0 Å². The van der Waals surface area contributed by atoms with Crippen LogP contribution in [0, 0.1) is 0 Å². The monoisotopic (exact) mass is 362 g/mol. The van der Waals surface area contributed by atoms with Gasteiger partial charge in [0.15, 0.2) is 0 Å². The highest BCUT2D eigenvalue weighted by atomic mass is 32.1. The van der Waals surface area contributed by atoms with Crippen LogP contribution >= 0.6 is 11.3 Å². The lowest BCUT2D eigenvalue weighted by atomic mass is 9.98. The predicted molar refractivity (Wildman–Crippen MR) is 95.6 cm³/mol. The molecule has 1 amide bonds. The zero-order chi connectivity index (χ0) is 18.4. The molecule has 0 aliphatic carbocycles. The maximum absolute atomic E-state index is 12.0. The molecule has 2 N–H and O–H groups in total. The Balaban J connectivity index is 2.03. The van der Waals surface area contributed by atoms with E-state index < -0.39 is 18.1 Å². The average molecular weight is 362 g/mol. The number of amides is 1. The Kier molecular flexibility index (Phi) is 6.14. The van der Waals surface area contributed by atoms with Crippen LogP contribution < -0.4 is 5.32 Å². The normalized spacial score (nSPS) is 12.4. The highest BCUT2D eigenvalue weighted by Crippen LogP contribution is 2.28. The minimum absolute atomic E-state index is 0.122. The summed E-state index contributed by atoms with van der Waals surface area (Å²) in [5.41, 5.74) is 1.26. The highest BCUT2D eigenvalue weighted by Gasteiger charge is 2.24. The second kappa shape index (κ2) is 8.11. The SMILES string of the molecule is CC(C)(C)c1nc(C(CC(=O)O)NC(=O)OCc2ccccc2)cs1. The van der Waals surface area contributed by atoms with Gasteiger partial charge in [-0.15, -0.1) is 11.3 Å². The first kappa shape index (κ1) is 18.9. The lowest BCUT2D eigenvalue weighted by Gasteiger charge is -2.16. The Morgan fingerprint density at radius 2 is 1.96 bits per heavy atom. The molecule has 7 heteroatoms. The van der Waals surface area contributed by atoms with Crippen LogP contribution in [0.1, 0.15) is 49.5 Å². The highest BCUT2D eigenvalue weighted by molar-refractivity contribution is 7.09. The van der Waals surface area contributed by atoms with Crippen LogP contribution in [0.5, 0.6) is 0 Å². The second-order valence-corrected chi connectivity index (χ2v) is 7.54. The molecule has 1 atom stereocenters. The van der Waals surface area contributed by atoms with Gasteiger partial charge in [-0.3, -0.25) is 4.79 Å². The molecular formula is C18H22N2O4S. The second-order valence-electron chi connectivity index (χ2n) is 6.68. The van der Waals surface area contributed by atoms with Gasteiger partial charge in [0.2, 0.25) is 0 Å². The topological polar surface area (TPSA) is 88.5 Å². The van der Waals surface area contributed by atoms with E-state index in [0.29, 0.717) is 5.69 Å². The van der Waals surface area contributed by atoms with Crippen LogP contribution in [0.15, 0.2) is 35.7 Å². The van der Waals surface area contributed by atoms with Gasteiger partial charge in [-0.05, 0) is 5.56 Å². The number of carboxylic acid groups (broad SMARTS) is 1. The summed E-state index contributed by atoms with van der Waals surface area (Å²) in [4.78, 5) is 27.7. The van der Waals surface area contributed by atoms with E-state index in [1.54, 1.807) is 5.38 Å². The van der Waals surface area contributed by atoms with Gasteiger partial charge < -0.3 is 15.2 Å². The summed E-state index contributed by atoms with van der Waals surface area (Å²) >= 11 is 1.45. The molecule has 0 saturated heterocycles. The molecule has 2 rings (SSSR count). The molecule has 25 heavy (non-hydrogen) atoms. The van der Waals surface area contributed by atoms with Gasteiger partial charge in [-0.2, -0.15) is 0 Å². The van der Waals surface area contributed by atoms with E-state index in [-0.39, 0.29) is 18.4 Å². The van der Waals surface area contributed by atoms with Crippen LogP contribution in [-0.4, -0.2) is 22.2 Å². The number of thiazole rings is 1. The summed E-state index contributed by atoms with van der Waals surface area (Å²) in [6.45, 7) is 6.22. The molecule has 2 aromatic rings. The summed E-state index contributed by atoms with van der Waals surface area (Å²) in [5.74, 6) is -1.02. The van der Waals surface area contributed by atoms with Gasteiger partial charge in [0.1, 0.15) is 6.61 Å². The molecule has 1 unspecified atom stereocenters. The summed E-state index contributed by atoms with van der Waals surface area (Å²) in [6.07, 6.45) is -0.922. The van der Waals surface area contributed by atoms with E-state index in [2.05, 4.69) is 10.3 Å². The molecule has 0 aliphatic heterocycles. The van der Waals surface area contributed by atoms with Crippen molar-refractivity contribution < 1.29 is 19.4 Å². The fourth-order valence-electron chi connectivity index (χ4n) is 2.10. The van der Waals surface area contributed by atoms with E-state index in [9.17, 15) is 9.59 Å². The summed E-state index contributed by atoms with van der Waals surface area (Å²) in [7, 11) is 0. The quantitative estimate of drug-likeness (QED) is 0.814. The first-order valence-corrected chi connectivity index (χ1v) is 8.78. The molecule has 1 aromatic heterocycles. The maximum Gasteiger partial charge on any atom is 0.408 e. The molecule has 6 nitrogen and oxygen atoms in total. The molecular weight excluding hydrogens is 340 g/mol. The minimum Gasteiger partial charge on any atom is -0.481 e. The number of nitrogens with one attached hydrogen (secondary N) is 1. The van der Waals surface area contributed by atoms with E-state index in [1.165, 1.54) is 11.3 Å². The first-order valence-electron chi connectivity index (χ1n) is 7.90. The van der Waals surface area contributed by atoms with Crippen LogP contribution in [0.3, 0.4) is 0 Å². The van der Waals surface area contributed by atoms with Gasteiger partial charge in [-0.25, -0.2) is 9.78 Å². The zero-order valence-electron chi connectivity index (χ0n) is 14.5. The van der Waals surface area contributed by atoms with Gasteiger partial charge in [0.25, 0.3) is 0 Å². The van der Waals surface area contributed by atoms with Crippen LogP contribution in [-0.2, 0) is 21.6 Å². The van der Waals surface area contributed by atoms with Gasteiger partial charge in [0, 0.05) is 10.8 Å². The van der Waals surface area contributed by atoms with Crippen molar-refractivity contribution in [1.82, 2.24) is 10.3 Å². The number of carboxylic acids is 1. The predicted octanol–water partition coefficient (Wildman–Crippen LogP) is 3.88. The van der Waals surface area contributed by atoms with E-state index in [4.69, 9.17) is 9.84 Å². The number of hydrogen-bond donors (Lipinski definition) is 2. The minimum atomic E-state index is -1.02. The third-order valence-corrected chi connectivity index (χ3v) is 4.69. The standard InChI is InChI=1S/C18H22N2O4S/c1-18(2,3)16-19-14(11-25-16)13(9-15(21)22)20-17(23)24-10-12-7-5-4-6-8-12/h4-8,11,13H,9-10H2,1-3H3,(H,20,23)(H,21,22). The summed E-state index contributed by atoms with van der Waals surface area (Å²) < 4.78 is 5.17. The number of aliphatic carboxylic acids is 1. The van der Waals surface area contributed by atoms with Crippen molar-refractivity contribution in [3.05, 3.63) is 52.0 Å². The molecule has 0 aliphatic rings. The van der Waals surface area contributed by atoms with Crippen molar-refractivity contribution in [2.24, 2.45) is 0 Å². The number of rotatable bonds is 6. The number of ether oxygens (including phenoxy) is 1. The van der Waals surface area contributed by atoms with Crippen molar-refractivity contribution >= 4 is 23.4 Å². The van der Waals surface area contributed by atoms with Gasteiger partial charge in [-0.1, -0.05) is 51.1 Å². The van der Waals surface area contributed by atoms with Crippen molar-refractivity contribution in [2.75, 3.05) is 0 Å². The summed E-state index contributed by atoms with van der Waals surface area (Å²) in [6, 6.07) is 8.55. The maximum atomic E-state index is 12.0. The Bertz CT molecular complexity index is 722. The fourth-order valence-corrected chi connectivity index (χ4v) is 3.06. The van der Waals surface area contributed by atoms with E-state index >= 15 is 0 Å². The van der Waals surface area contributed by atoms with Gasteiger partial charge in [0.05, 0.1) is 23.2 Å². The van der Waals surface area contributed by atoms with E-state index in [0.717, 1.165) is 10.6 Å². The van der Waals surface area contributed by atoms with E-state index in [1.807, 2.05) is 51.1 Å². The number of alkyl carbamates (subject to hydrolysis) is 1. The average Bonchev–Trinajstić information content (AvgIpc) is 3.03. The Labute approximate surface area is 150 Å². The largest absolute Gasteiger partial charge is 0.481 e. The Hall–Kier alpha value is -2.41. The molecule has 134 valence electrons.